The van der Waals surface area contributed by atoms with Crippen molar-refractivity contribution in [1.29, 1.82) is 0 Å². The van der Waals surface area contributed by atoms with Gasteiger partial charge in [-0.15, -0.1) is 6.42 Å². The Labute approximate surface area is 177 Å². The van der Waals surface area contributed by atoms with E-state index >= 15 is 0 Å². The molecule has 3 nitrogen and oxygen atoms in total. The third kappa shape index (κ3) is 4.48. The standard InChI is InChI=1S/C26H37NO2/c1-7-9-10-11-18(3)19(4)20-15-23(28)25-21-17-27(13-8-2)14-12-22(21)26(5,6)29-24(25)16-20/h2,15-16,18-19,28H,7,9-14,17H2,1,3-6H3/t18-,19+/m1/s1. The monoisotopic (exact) mass is 395 g/mol. The predicted molar refractivity (Wildman–Crippen MR) is 121 cm³/mol. The molecular weight excluding hydrogens is 358 g/mol. The number of benzene rings is 1. The van der Waals surface area contributed by atoms with Gasteiger partial charge >= 0.3 is 0 Å². The quantitative estimate of drug-likeness (QED) is 0.456. The fourth-order valence-corrected chi connectivity index (χ4v) is 4.88. The van der Waals surface area contributed by atoms with Gasteiger partial charge in [-0.3, -0.25) is 4.90 Å². The lowest BCUT2D eigenvalue weighted by Crippen LogP contribution is -2.42. The van der Waals surface area contributed by atoms with Crippen molar-refractivity contribution in [3.05, 3.63) is 28.8 Å². The van der Waals surface area contributed by atoms with Gasteiger partial charge in [-0.05, 0) is 60.9 Å². The van der Waals surface area contributed by atoms with Crippen LogP contribution in [0.15, 0.2) is 17.7 Å². The van der Waals surface area contributed by atoms with Crippen LogP contribution in [0.2, 0.25) is 0 Å². The van der Waals surface area contributed by atoms with Gasteiger partial charge in [-0.25, -0.2) is 0 Å². The highest BCUT2D eigenvalue weighted by Crippen LogP contribution is 2.49. The average Bonchev–Trinajstić information content (AvgIpc) is 2.66. The number of terminal acetylenes is 1. The van der Waals surface area contributed by atoms with Crippen molar-refractivity contribution < 1.29 is 9.84 Å². The minimum atomic E-state index is -0.356. The summed E-state index contributed by atoms with van der Waals surface area (Å²) in [6.07, 6.45) is 11.5. The molecule has 2 atom stereocenters. The van der Waals surface area contributed by atoms with Crippen LogP contribution in [0.4, 0.5) is 0 Å². The molecule has 0 radical (unpaired) electrons. The highest BCUT2D eigenvalue weighted by atomic mass is 16.5. The molecule has 0 fully saturated rings. The van der Waals surface area contributed by atoms with Crippen molar-refractivity contribution in [3.8, 4) is 23.8 Å². The Morgan fingerprint density at radius 2 is 2.03 bits per heavy atom. The molecule has 3 heteroatoms. The molecule has 0 bridgehead atoms. The largest absolute Gasteiger partial charge is 0.507 e. The number of fused-ring (bicyclic) bond motifs is 2. The van der Waals surface area contributed by atoms with Crippen LogP contribution >= 0.6 is 0 Å². The van der Waals surface area contributed by atoms with Gasteiger partial charge < -0.3 is 9.84 Å². The molecule has 0 saturated carbocycles. The third-order valence-corrected chi connectivity index (χ3v) is 6.88. The van der Waals surface area contributed by atoms with Gasteiger partial charge in [0.2, 0.25) is 0 Å². The zero-order chi connectivity index (χ0) is 21.2. The van der Waals surface area contributed by atoms with E-state index in [1.54, 1.807) is 0 Å². The lowest BCUT2D eigenvalue weighted by atomic mass is 9.79. The van der Waals surface area contributed by atoms with Crippen molar-refractivity contribution in [2.24, 2.45) is 5.92 Å². The number of phenolic OH excluding ortho intramolecular Hbond substituents is 1. The number of rotatable bonds is 7. The molecule has 0 unspecified atom stereocenters. The molecule has 1 N–H and O–H groups in total. The van der Waals surface area contributed by atoms with E-state index in [4.69, 9.17) is 11.2 Å². The van der Waals surface area contributed by atoms with E-state index in [1.807, 2.05) is 6.07 Å². The summed E-state index contributed by atoms with van der Waals surface area (Å²) in [6, 6.07) is 4.13. The second-order valence-corrected chi connectivity index (χ2v) is 9.41. The van der Waals surface area contributed by atoms with E-state index in [2.05, 4.69) is 51.5 Å². The van der Waals surface area contributed by atoms with E-state index < -0.39 is 0 Å². The van der Waals surface area contributed by atoms with E-state index in [-0.39, 0.29) is 5.60 Å². The Hall–Kier alpha value is -1.92. The van der Waals surface area contributed by atoms with Crippen LogP contribution in [0.5, 0.6) is 11.5 Å². The van der Waals surface area contributed by atoms with Crippen molar-refractivity contribution >= 4 is 5.57 Å². The van der Waals surface area contributed by atoms with Crippen LogP contribution in [-0.4, -0.2) is 35.2 Å². The summed E-state index contributed by atoms with van der Waals surface area (Å²) in [5.41, 5.74) is 4.18. The molecule has 3 rings (SSSR count). The molecule has 1 aromatic carbocycles. The van der Waals surface area contributed by atoms with Crippen LogP contribution in [0, 0.1) is 18.3 Å². The van der Waals surface area contributed by atoms with E-state index in [9.17, 15) is 5.11 Å². The van der Waals surface area contributed by atoms with Crippen molar-refractivity contribution in [2.75, 3.05) is 19.6 Å². The smallest absolute Gasteiger partial charge is 0.132 e. The molecule has 2 aliphatic rings. The summed E-state index contributed by atoms with van der Waals surface area (Å²) in [5.74, 6) is 4.88. The number of unbranched alkanes of at least 4 members (excludes halogenated alkanes) is 2. The minimum Gasteiger partial charge on any atom is -0.507 e. The molecule has 158 valence electrons. The highest BCUT2D eigenvalue weighted by Gasteiger charge is 2.39. The summed E-state index contributed by atoms with van der Waals surface area (Å²) < 4.78 is 6.46. The lowest BCUT2D eigenvalue weighted by Gasteiger charge is -2.42. The molecule has 0 saturated heterocycles. The second-order valence-electron chi connectivity index (χ2n) is 9.41. The molecule has 0 aliphatic carbocycles. The highest BCUT2D eigenvalue weighted by molar-refractivity contribution is 5.82. The Bertz CT molecular complexity index is 815. The van der Waals surface area contributed by atoms with Crippen LogP contribution in [0.3, 0.4) is 0 Å². The first-order valence-electron chi connectivity index (χ1n) is 11.2. The van der Waals surface area contributed by atoms with Crippen molar-refractivity contribution in [2.45, 2.75) is 78.2 Å². The van der Waals surface area contributed by atoms with Crippen LogP contribution in [-0.2, 0) is 0 Å². The van der Waals surface area contributed by atoms with Crippen molar-refractivity contribution in [3.63, 3.8) is 0 Å². The fraction of sp³-hybridized carbons (Fsp3) is 0.615. The van der Waals surface area contributed by atoms with Crippen LogP contribution in [0.1, 0.15) is 83.8 Å². The SMILES string of the molecule is C#CCN1CCC2=C(C1)c1c(O)cc([C@@H](C)[C@H](C)CCCCC)cc1OC2(C)C. The number of aromatic hydroxyl groups is 1. The Morgan fingerprint density at radius 3 is 2.72 bits per heavy atom. The predicted octanol–water partition coefficient (Wildman–Crippen LogP) is 5.98. The summed E-state index contributed by atoms with van der Waals surface area (Å²) in [5, 5.41) is 11.0. The average molecular weight is 396 g/mol. The number of hydrogen-bond donors (Lipinski definition) is 1. The topological polar surface area (TPSA) is 32.7 Å². The first kappa shape index (κ1) is 21.8. The van der Waals surface area contributed by atoms with Gasteiger partial charge in [0.05, 0.1) is 12.1 Å². The Morgan fingerprint density at radius 1 is 1.28 bits per heavy atom. The third-order valence-electron chi connectivity index (χ3n) is 6.88. The molecule has 0 spiro atoms. The van der Waals surface area contributed by atoms with E-state index in [0.29, 0.717) is 24.1 Å². The number of hydrogen-bond acceptors (Lipinski definition) is 3. The minimum absolute atomic E-state index is 0.343. The summed E-state index contributed by atoms with van der Waals surface area (Å²) >= 11 is 0. The normalized spacial score (nSPS) is 20.3. The second kappa shape index (κ2) is 8.84. The summed E-state index contributed by atoms with van der Waals surface area (Å²) in [6.45, 7) is 13.5. The molecule has 0 amide bonds. The summed E-state index contributed by atoms with van der Waals surface area (Å²) in [7, 11) is 0. The zero-order valence-corrected chi connectivity index (χ0v) is 18.8. The maximum Gasteiger partial charge on any atom is 0.132 e. The molecule has 0 aromatic heterocycles. The molecule has 1 aromatic rings. The number of phenols is 1. The van der Waals surface area contributed by atoms with Gasteiger partial charge in [-0.2, -0.15) is 0 Å². The Balaban J connectivity index is 1.94. The zero-order valence-electron chi connectivity index (χ0n) is 18.8. The molecule has 2 heterocycles. The van der Waals surface area contributed by atoms with Gasteiger partial charge in [0, 0.05) is 13.1 Å². The van der Waals surface area contributed by atoms with Gasteiger partial charge in [0.1, 0.15) is 17.1 Å². The van der Waals surface area contributed by atoms with Gasteiger partial charge in [0.15, 0.2) is 0 Å². The van der Waals surface area contributed by atoms with E-state index in [1.165, 1.54) is 42.4 Å². The lowest BCUT2D eigenvalue weighted by molar-refractivity contribution is 0.131. The van der Waals surface area contributed by atoms with E-state index in [0.717, 1.165) is 30.8 Å². The van der Waals surface area contributed by atoms with Crippen LogP contribution in [0.25, 0.3) is 5.57 Å². The number of nitrogens with zero attached hydrogens (tertiary/aromatic N) is 1. The fourth-order valence-electron chi connectivity index (χ4n) is 4.88. The van der Waals surface area contributed by atoms with Gasteiger partial charge in [-0.1, -0.05) is 52.4 Å². The molecular formula is C26H37NO2. The maximum absolute atomic E-state index is 11.0. The Kier molecular flexibility index (Phi) is 6.64. The number of ether oxygens (including phenoxy) is 1. The van der Waals surface area contributed by atoms with Crippen molar-refractivity contribution in [1.82, 2.24) is 4.90 Å². The maximum atomic E-state index is 11.0. The molecule has 2 aliphatic heterocycles. The first-order chi connectivity index (χ1) is 13.8. The van der Waals surface area contributed by atoms with Crippen LogP contribution < -0.4 is 4.74 Å². The summed E-state index contributed by atoms with van der Waals surface area (Å²) in [4.78, 5) is 2.27. The first-order valence-corrected chi connectivity index (χ1v) is 11.2. The van der Waals surface area contributed by atoms with Gasteiger partial charge in [0.25, 0.3) is 0 Å². The molecule has 29 heavy (non-hydrogen) atoms.